The molecule has 2 aromatic rings. The molecule has 1 N–H and O–H groups in total. The Kier molecular flexibility index (Phi) is 4.03. The van der Waals surface area contributed by atoms with Crippen molar-refractivity contribution in [3.8, 4) is 0 Å². The molecule has 1 atom stereocenters. The Labute approximate surface area is 152 Å². The number of amides is 1. The molecular formula is C14H15N5O5S2. The van der Waals surface area contributed by atoms with Crippen molar-refractivity contribution in [3.05, 3.63) is 33.3 Å². The van der Waals surface area contributed by atoms with Gasteiger partial charge in [-0.3, -0.25) is 24.9 Å². The Morgan fingerprint density at radius 1 is 1.42 bits per heavy atom. The highest BCUT2D eigenvalue weighted by molar-refractivity contribution is 7.91. The van der Waals surface area contributed by atoms with Gasteiger partial charge in [-0.05, 0) is 37.0 Å². The first-order valence-electron chi connectivity index (χ1n) is 8.06. The van der Waals surface area contributed by atoms with Gasteiger partial charge >= 0.3 is 5.00 Å². The summed E-state index contributed by atoms with van der Waals surface area (Å²) in [5.74, 6) is -0.410. The zero-order valence-electron chi connectivity index (χ0n) is 13.5. The maximum atomic E-state index is 12.8. The Morgan fingerprint density at radius 3 is 2.88 bits per heavy atom. The van der Waals surface area contributed by atoms with Crippen LogP contribution in [0.1, 0.15) is 40.6 Å². The van der Waals surface area contributed by atoms with E-state index in [9.17, 15) is 23.3 Å². The molecule has 0 bridgehead atoms. The second-order valence-electron chi connectivity index (χ2n) is 6.34. The lowest BCUT2D eigenvalue weighted by atomic mass is 10.1. The van der Waals surface area contributed by atoms with Gasteiger partial charge in [-0.15, -0.1) is 0 Å². The summed E-state index contributed by atoms with van der Waals surface area (Å²) in [6.07, 6.45) is 3.86. The Morgan fingerprint density at radius 2 is 2.23 bits per heavy atom. The highest BCUT2D eigenvalue weighted by Crippen LogP contribution is 2.32. The summed E-state index contributed by atoms with van der Waals surface area (Å²) < 4.78 is 25.2. The Balaban J connectivity index is 1.66. The van der Waals surface area contributed by atoms with Crippen molar-refractivity contribution in [1.29, 1.82) is 0 Å². The standard InChI is InChI=1S/C14H15N5O5S2/c20-13(16-14-15-6-11(25-14)19(21)22)12-9-2-1-3-10(9)17-18(12)8-4-5-26(23,24)7-8/h6,8H,1-5,7H2,(H,15,16,20)/t8-/m0/s1. The van der Waals surface area contributed by atoms with Crippen molar-refractivity contribution >= 4 is 37.2 Å². The van der Waals surface area contributed by atoms with E-state index >= 15 is 0 Å². The fourth-order valence-corrected chi connectivity index (χ4v) is 5.77. The Bertz CT molecular complexity index is 1010. The van der Waals surface area contributed by atoms with Gasteiger partial charge in [-0.1, -0.05) is 0 Å². The molecule has 1 saturated heterocycles. The molecule has 4 rings (SSSR count). The van der Waals surface area contributed by atoms with Crippen molar-refractivity contribution in [3.63, 3.8) is 0 Å². The van der Waals surface area contributed by atoms with Gasteiger partial charge in [0.05, 0.1) is 28.2 Å². The average Bonchev–Trinajstić information content (AvgIpc) is 3.28. The Hall–Kier alpha value is -2.34. The lowest BCUT2D eigenvalue weighted by Crippen LogP contribution is -2.23. The topological polar surface area (TPSA) is 137 Å². The molecule has 1 aliphatic heterocycles. The molecule has 0 radical (unpaired) electrons. The van der Waals surface area contributed by atoms with E-state index in [-0.39, 0.29) is 27.7 Å². The quantitative estimate of drug-likeness (QED) is 0.607. The highest BCUT2D eigenvalue weighted by Gasteiger charge is 2.35. The van der Waals surface area contributed by atoms with Gasteiger partial charge in [0.2, 0.25) is 0 Å². The van der Waals surface area contributed by atoms with Crippen LogP contribution in [0.15, 0.2) is 6.20 Å². The molecule has 2 aliphatic rings. The predicted molar refractivity (Wildman–Crippen MR) is 93.3 cm³/mol. The van der Waals surface area contributed by atoms with Crippen LogP contribution in [0.25, 0.3) is 0 Å². The molecule has 1 aliphatic carbocycles. The number of nitro groups is 1. The van der Waals surface area contributed by atoms with Crippen molar-refractivity contribution in [1.82, 2.24) is 14.8 Å². The number of hydrogen-bond acceptors (Lipinski definition) is 8. The van der Waals surface area contributed by atoms with E-state index in [1.807, 2.05) is 0 Å². The molecule has 26 heavy (non-hydrogen) atoms. The van der Waals surface area contributed by atoms with Crippen LogP contribution < -0.4 is 5.32 Å². The smallest absolute Gasteiger partial charge is 0.296 e. The minimum absolute atomic E-state index is 0.0312. The van der Waals surface area contributed by atoms with Gasteiger partial charge in [0.1, 0.15) is 11.9 Å². The van der Waals surface area contributed by atoms with Gasteiger partial charge in [0.25, 0.3) is 5.91 Å². The number of fused-ring (bicyclic) bond motifs is 1. The van der Waals surface area contributed by atoms with Crippen LogP contribution in [0.2, 0.25) is 0 Å². The van der Waals surface area contributed by atoms with Gasteiger partial charge < -0.3 is 0 Å². The molecule has 0 spiro atoms. The first-order valence-corrected chi connectivity index (χ1v) is 10.7. The number of anilines is 1. The molecule has 0 aromatic carbocycles. The number of aryl methyl sites for hydroxylation is 1. The maximum Gasteiger partial charge on any atom is 0.345 e. The summed E-state index contributed by atoms with van der Waals surface area (Å²) in [4.78, 5) is 26.9. The van der Waals surface area contributed by atoms with Gasteiger partial charge in [-0.2, -0.15) is 5.10 Å². The number of aromatic nitrogens is 3. The summed E-state index contributed by atoms with van der Waals surface area (Å²) in [5, 5.41) is 17.8. The molecule has 2 aromatic heterocycles. The van der Waals surface area contributed by atoms with Crippen molar-refractivity contribution < 1.29 is 18.1 Å². The SMILES string of the molecule is O=C(Nc1ncc([N+](=O)[O-])s1)c1c2c(nn1[C@H]1CCS(=O)(=O)C1)CCC2. The normalized spacial score (nSPS) is 20.8. The predicted octanol–water partition coefficient (Wildman–Crippen LogP) is 1.35. The van der Waals surface area contributed by atoms with Crippen LogP contribution in [0.4, 0.5) is 10.1 Å². The monoisotopic (exact) mass is 397 g/mol. The lowest BCUT2D eigenvalue weighted by Gasteiger charge is -2.14. The third kappa shape index (κ3) is 2.98. The van der Waals surface area contributed by atoms with Gasteiger partial charge in [0, 0.05) is 5.56 Å². The summed E-state index contributed by atoms with van der Waals surface area (Å²) >= 11 is 0.770. The van der Waals surface area contributed by atoms with E-state index in [1.54, 1.807) is 0 Å². The van der Waals surface area contributed by atoms with Crippen LogP contribution in [0, 0.1) is 10.1 Å². The summed E-state index contributed by atoms with van der Waals surface area (Å²) in [6, 6.07) is -0.364. The third-order valence-corrected chi connectivity index (χ3v) is 7.21. The van der Waals surface area contributed by atoms with E-state index < -0.39 is 20.7 Å². The molecule has 3 heterocycles. The minimum atomic E-state index is -3.12. The number of sulfone groups is 1. The van der Waals surface area contributed by atoms with Crippen molar-refractivity contribution in [2.45, 2.75) is 31.7 Å². The van der Waals surface area contributed by atoms with Crippen LogP contribution in [-0.4, -0.2) is 45.5 Å². The van der Waals surface area contributed by atoms with Gasteiger partial charge in [0.15, 0.2) is 15.0 Å². The number of carbonyl (C=O) groups excluding carboxylic acids is 1. The fraction of sp³-hybridized carbons (Fsp3) is 0.500. The van der Waals surface area contributed by atoms with Crippen LogP contribution in [0.5, 0.6) is 0 Å². The summed E-state index contributed by atoms with van der Waals surface area (Å²) in [7, 11) is -3.12. The van der Waals surface area contributed by atoms with Crippen LogP contribution in [-0.2, 0) is 22.7 Å². The molecule has 1 fully saturated rings. The number of hydrogen-bond donors (Lipinski definition) is 1. The third-order valence-electron chi connectivity index (χ3n) is 4.60. The number of carbonyl (C=O) groups is 1. The molecular weight excluding hydrogens is 382 g/mol. The molecule has 1 amide bonds. The zero-order valence-corrected chi connectivity index (χ0v) is 15.2. The van der Waals surface area contributed by atoms with Gasteiger partial charge in [-0.25, -0.2) is 13.4 Å². The largest absolute Gasteiger partial charge is 0.345 e. The number of nitrogens with zero attached hydrogens (tertiary/aromatic N) is 4. The second-order valence-corrected chi connectivity index (χ2v) is 9.58. The van der Waals surface area contributed by atoms with E-state index in [2.05, 4.69) is 15.4 Å². The number of rotatable bonds is 4. The highest BCUT2D eigenvalue weighted by atomic mass is 32.2. The maximum absolute atomic E-state index is 12.8. The number of thiazole rings is 1. The van der Waals surface area contributed by atoms with Crippen LogP contribution in [0.3, 0.4) is 0 Å². The van der Waals surface area contributed by atoms with Crippen molar-refractivity contribution in [2.75, 3.05) is 16.8 Å². The molecule has 0 unspecified atom stereocenters. The molecule has 138 valence electrons. The molecule has 12 heteroatoms. The minimum Gasteiger partial charge on any atom is -0.296 e. The first-order chi connectivity index (χ1) is 12.3. The summed E-state index contributed by atoms with van der Waals surface area (Å²) in [6.45, 7) is 0. The average molecular weight is 397 g/mol. The molecule has 10 nitrogen and oxygen atoms in total. The first kappa shape index (κ1) is 17.1. The van der Waals surface area contributed by atoms with E-state index in [4.69, 9.17) is 0 Å². The zero-order chi connectivity index (χ0) is 18.5. The molecule has 0 saturated carbocycles. The van der Waals surface area contributed by atoms with Crippen molar-refractivity contribution in [2.24, 2.45) is 0 Å². The lowest BCUT2D eigenvalue weighted by molar-refractivity contribution is -0.380. The van der Waals surface area contributed by atoms with E-state index in [0.717, 1.165) is 41.6 Å². The second kappa shape index (κ2) is 6.13. The summed E-state index contributed by atoms with van der Waals surface area (Å²) in [5.41, 5.74) is 2.00. The van der Waals surface area contributed by atoms with E-state index in [0.29, 0.717) is 18.5 Å². The van der Waals surface area contributed by atoms with E-state index in [1.165, 1.54) is 4.68 Å². The number of nitrogens with one attached hydrogen (secondary N) is 1. The fourth-order valence-electron chi connectivity index (χ4n) is 3.45. The van der Waals surface area contributed by atoms with Crippen LogP contribution >= 0.6 is 11.3 Å².